The van der Waals surface area contributed by atoms with Crippen LogP contribution in [0.3, 0.4) is 0 Å². The van der Waals surface area contributed by atoms with Crippen LogP contribution in [0, 0.1) is 0 Å². The zero-order valence-corrected chi connectivity index (χ0v) is 11.3. The Hall–Kier alpha value is -0.690. The predicted molar refractivity (Wildman–Crippen MR) is 64.8 cm³/mol. The minimum absolute atomic E-state index is 0.105. The molecule has 1 heterocycles. The third-order valence-corrected chi connectivity index (χ3v) is 2.88. The molecule has 6 heteroatoms. The highest BCUT2D eigenvalue weighted by molar-refractivity contribution is 5.73. The Balaban J connectivity index is 2.83. The molecule has 1 amide bonds. The van der Waals surface area contributed by atoms with E-state index in [9.17, 15) is 15.0 Å². The topological polar surface area (TPSA) is 88.0 Å². The SMILES string of the molecule is CC[C@H]1O[C@@H](OC(C)C)[C@H](NC(C)=O)[C@@H](O)[C@@H]1O. The largest absolute Gasteiger partial charge is 0.388 e. The molecule has 0 spiro atoms. The molecule has 1 rings (SSSR count). The van der Waals surface area contributed by atoms with Gasteiger partial charge in [-0.3, -0.25) is 4.79 Å². The van der Waals surface area contributed by atoms with Crippen molar-refractivity contribution >= 4 is 5.91 Å². The van der Waals surface area contributed by atoms with Gasteiger partial charge in [-0.1, -0.05) is 6.92 Å². The fourth-order valence-electron chi connectivity index (χ4n) is 2.04. The zero-order valence-electron chi connectivity index (χ0n) is 11.3. The van der Waals surface area contributed by atoms with E-state index < -0.39 is 30.6 Å². The summed E-state index contributed by atoms with van der Waals surface area (Å²) >= 11 is 0. The van der Waals surface area contributed by atoms with Crippen molar-refractivity contribution in [1.29, 1.82) is 0 Å². The molecule has 1 aliphatic rings. The first-order chi connectivity index (χ1) is 8.36. The smallest absolute Gasteiger partial charge is 0.217 e. The molecule has 0 bridgehead atoms. The summed E-state index contributed by atoms with van der Waals surface area (Å²) in [6.45, 7) is 6.88. The molecule has 0 aromatic rings. The van der Waals surface area contributed by atoms with E-state index >= 15 is 0 Å². The summed E-state index contributed by atoms with van der Waals surface area (Å²) in [5.74, 6) is -0.304. The number of ether oxygens (including phenoxy) is 2. The van der Waals surface area contributed by atoms with Gasteiger partial charge in [-0.25, -0.2) is 0 Å². The van der Waals surface area contributed by atoms with Crippen molar-refractivity contribution in [3.05, 3.63) is 0 Å². The first-order valence-corrected chi connectivity index (χ1v) is 6.31. The van der Waals surface area contributed by atoms with E-state index in [1.165, 1.54) is 6.92 Å². The minimum Gasteiger partial charge on any atom is -0.388 e. The number of nitrogens with one attached hydrogen (secondary N) is 1. The third-order valence-electron chi connectivity index (χ3n) is 2.88. The van der Waals surface area contributed by atoms with E-state index in [1.807, 2.05) is 20.8 Å². The maximum absolute atomic E-state index is 11.1. The molecule has 0 aromatic carbocycles. The summed E-state index contributed by atoms with van der Waals surface area (Å²) in [5.41, 5.74) is 0. The minimum atomic E-state index is -1.10. The van der Waals surface area contributed by atoms with Gasteiger partial charge < -0.3 is 25.0 Å². The van der Waals surface area contributed by atoms with Gasteiger partial charge in [-0.05, 0) is 20.3 Å². The van der Waals surface area contributed by atoms with Crippen LogP contribution in [0.15, 0.2) is 0 Å². The summed E-state index contributed by atoms with van der Waals surface area (Å²) in [6.07, 6.45) is -2.92. The van der Waals surface area contributed by atoms with E-state index in [1.54, 1.807) is 0 Å². The molecule has 6 nitrogen and oxygen atoms in total. The van der Waals surface area contributed by atoms with Gasteiger partial charge in [0, 0.05) is 6.92 Å². The Morgan fingerprint density at radius 1 is 1.39 bits per heavy atom. The number of aliphatic hydroxyl groups excluding tert-OH is 2. The van der Waals surface area contributed by atoms with Crippen molar-refractivity contribution in [3.8, 4) is 0 Å². The Kier molecular flexibility index (Phi) is 5.52. The Labute approximate surface area is 107 Å². The highest BCUT2D eigenvalue weighted by Crippen LogP contribution is 2.24. The van der Waals surface area contributed by atoms with Crippen LogP contribution in [-0.2, 0) is 14.3 Å². The number of hydrogen-bond donors (Lipinski definition) is 3. The van der Waals surface area contributed by atoms with Crippen molar-refractivity contribution in [3.63, 3.8) is 0 Å². The van der Waals surface area contributed by atoms with Crippen molar-refractivity contribution < 1.29 is 24.5 Å². The fraction of sp³-hybridized carbons (Fsp3) is 0.917. The molecule has 0 radical (unpaired) electrons. The van der Waals surface area contributed by atoms with Gasteiger partial charge in [0.15, 0.2) is 6.29 Å². The summed E-state index contributed by atoms with van der Waals surface area (Å²) in [4.78, 5) is 11.1. The summed E-state index contributed by atoms with van der Waals surface area (Å²) in [5, 5.41) is 22.5. The van der Waals surface area contributed by atoms with Crippen molar-refractivity contribution in [2.24, 2.45) is 0 Å². The first-order valence-electron chi connectivity index (χ1n) is 6.31. The molecule has 18 heavy (non-hydrogen) atoms. The zero-order chi connectivity index (χ0) is 13.9. The van der Waals surface area contributed by atoms with Crippen LogP contribution in [0.5, 0.6) is 0 Å². The lowest BCUT2D eigenvalue weighted by molar-refractivity contribution is -0.273. The molecule has 0 unspecified atom stereocenters. The molecule has 106 valence electrons. The van der Waals surface area contributed by atoms with E-state index in [0.717, 1.165) is 0 Å². The van der Waals surface area contributed by atoms with Gasteiger partial charge in [-0.15, -0.1) is 0 Å². The lowest BCUT2D eigenvalue weighted by Gasteiger charge is -2.43. The molecular formula is C12H23NO5. The quantitative estimate of drug-likeness (QED) is 0.651. The van der Waals surface area contributed by atoms with Crippen LogP contribution in [-0.4, -0.2) is 52.9 Å². The molecular weight excluding hydrogens is 238 g/mol. The second-order valence-corrected chi connectivity index (χ2v) is 4.84. The number of aliphatic hydroxyl groups is 2. The van der Waals surface area contributed by atoms with Gasteiger partial charge in [0.05, 0.1) is 12.2 Å². The maximum atomic E-state index is 11.1. The number of hydrogen-bond acceptors (Lipinski definition) is 5. The standard InChI is InChI=1S/C12H23NO5/c1-5-8-10(15)11(16)9(13-7(4)14)12(18-8)17-6(2)3/h6,8-12,15-16H,5H2,1-4H3,(H,13,14)/t8-,9-,10-,11-,12-/m1/s1. The van der Waals surface area contributed by atoms with Gasteiger partial charge in [0.1, 0.15) is 18.2 Å². The first kappa shape index (κ1) is 15.4. The highest BCUT2D eigenvalue weighted by atomic mass is 16.7. The molecule has 5 atom stereocenters. The van der Waals surface area contributed by atoms with Gasteiger partial charge in [-0.2, -0.15) is 0 Å². The monoisotopic (exact) mass is 261 g/mol. The van der Waals surface area contributed by atoms with Crippen LogP contribution in [0.4, 0.5) is 0 Å². The van der Waals surface area contributed by atoms with Crippen molar-refractivity contribution in [1.82, 2.24) is 5.32 Å². The number of amides is 1. The van der Waals surface area contributed by atoms with Crippen molar-refractivity contribution in [2.45, 2.75) is 70.9 Å². The lowest BCUT2D eigenvalue weighted by Crippen LogP contribution is -2.64. The van der Waals surface area contributed by atoms with Crippen LogP contribution < -0.4 is 5.32 Å². The second-order valence-electron chi connectivity index (χ2n) is 4.84. The molecule has 0 aromatic heterocycles. The predicted octanol–water partition coefficient (Wildman–Crippen LogP) is -0.227. The number of carbonyl (C=O) groups excluding carboxylic acids is 1. The normalized spacial score (nSPS) is 36.7. The summed E-state index contributed by atoms with van der Waals surface area (Å²) < 4.78 is 11.1. The van der Waals surface area contributed by atoms with E-state index in [-0.39, 0.29) is 12.0 Å². The van der Waals surface area contributed by atoms with Crippen LogP contribution in [0.2, 0.25) is 0 Å². The second kappa shape index (κ2) is 6.47. The molecule has 0 saturated carbocycles. The Bertz CT molecular complexity index is 284. The lowest BCUT2D eigenvalue weighted by atomic mass is 9.95. The number of carbonyl (C=O) groups is 1. The van der Waals surface area contributed by atoms with Gasteiger partial charge in [0.25, 0.3) is 0 Å². The summed E-state index contributed by atoms with van der Waals surface area (Å²) in [7, 11) is 0. The third kappa shape index (κ3) is 3.65. The Morgan fingerprint density at radius 3 is 2.44 bits per heavy atom. The van der Waals surface area contributed by atoms with Crippen molar-refractivity contribution in [2.75, 3.05) is 0 Å². The van der Waals surface area contributed by atoms with Crippen LogP contribution in [0.1, 0.15) is 34.1 Å². The molecule has 1 saturated heterocycles. The molecule has 0 aliphatic carbocycles. The molecule has 1 aliphatic heterocycles. The average Bonchev–Trinajstić information content (AvgIpc) is 2.27. The average molecular weight is 261 g/mol. The van der Waals surface area contributed by atoms with E-state index in [4.69, 9.17) is 9.47 Å². The van der Waals surface area contributed by atoms with E-state index in [2.05, 4.69) is 5.32 Å². The fourth-order valence-corrected chi connectivity index (χ4v) is 2.04. The molecule has 3 N–H and O–H groups in total. The van der Waals surface area contributed by atoms with Gasteiger partial charge >= 0.3 is 0 Å². The van der Waals surface area contributed by atoms with Crippen LogP contribution in [0.25, 0.3) is 0 Å². The Morgan fingerprint density at radius 2 is 2.00 bits per heavy atom. The van der Waals surface area contributed by atoms with Gasteiger partial charge in [0.2, 0.25) is 5.91 Å². The maximum Gasteiger partial charge on any atom is 0.217 e. The van der Waals surface area contributed by atoms with Crippen LogP contribution >= 0.6 is 0 Å². The number of rotatable bonds is 4. The highest BCUT2D eigenvalue weighted by Gasteiger charge is 2.45. The molecule has 1 fully saturated rings. The summed E-state index contributed by atoms with van der Waals surface area (Å²) in [6, 6.07) is -0.761. The van der Waals surface area contributed by atoms with E-state index in [0.29, 0.717) is 6.42 Å².